The first-order valence-corrected chi connectivity index (χ1v) is 8.67. The number of aromatic carboxylic acids is 1. The molecule has 0 bridgehead atoms. The molecule has 6 nitrogen and oxygen atoms in total. The summed E-state index contributed by atoms with van der Waals surface area (Å²) in [7, 11) is 1.91. The molecule has 1 aromatic carbocycles. The van der Waals surface area contributed by atoms with Gasteiger partial charge in [-0.2, -0.15) is 0 Å². The van der Waals surface area contributed by atoms with E-state index >= 15 is 4.39 Å². The van der Waals surface area contributed by atoms with E-state index in [0.717, 1.165) is 16.8 Å². The van der Waals surface area contributed by atoms with Crippen LogP contribution in [0.2, 0.25) is 0 Å². The van der Waals surface area contributed by atoms with Crippen LogP contribution in [-0.2, 0) is 0 Å². The smallest absolute Gasteiger partial charge is 0.341 e. The Labute approximate surface area is 152 Å². The van der Waals surface area contributed by atoms with Crippen molar-refractivity contribution in [3.63, 3.8) is 0 Å². The first kappa shape index (κ1) is 17.8. The fourth-order valence-corrected chi connectivity index (χ4v) is 3.61. The number of carboxylic acids is 1. The number of benzene rings is 1. The predicted molar refractivity (Wildman–Crippen MR) is 93.3 cm³/mol. The average Bonchev–Trinajstić information content (AvgIpc) is 3.33. The molecule has 2 atom stereocenters. The minimum absolute atomic E-state index is 0.0949. The highest BCUT2D eigenvalue weighted by atomic mass is 19.1. The number of anilines is 1. The molecule has 2 aromatic rings. The number of carboxylic acid groups (broad SMARTS) is 1. The number of hydrogen-bond acceptors (Lipinski definition) is 4. The first-order chi connectivity index (χ1) is 12.8. The molecule has 0 unspecified atom stereocenters. The molecule has 1 aliphatic carbocycles. The Bertz CT molecular complexity index is 999. The topological polar surface area (TPSA) is 65.8 Å². The van der Waals surface area contributed by atoms with Crippen LogP contribution in [0.3, 0.4) is 0 Å². The van der Waals surface area contributed by atoms with Crippen molar-refractivity contribution in [2.75, 3.05) is 38.1 Å². The fourth-order valence-electron chi connectivity index (χ4n) is 3.61. The van der Waals surface area contributed by atoms with Crippen LogP contribution in [-0.4, -0.2) is 59.9 Å². The lowest BCUT2D eigenvalue weighted by atomic mass is 10.1. The van der Waals surface area contributed by atoms with Gasteiger partial charge in [-0.1, -0.05) is 0 Å². The van der Waals surface area contributed by atoms with Crippen LogP contribution in [0.1, 0.15) is 22.8 Å². The molecule has 4 rings (SSSR count). The quantitative estimate of drug-likeness (QED) is 0.881. The second-order valence-corrected chi connectivity index (χ2v) is 7.11. The van der Waals surface area contributed by atoms with Gasteiger partial charge in [0.25, 0.3) is 0 Å². The van der Waals surface area contributed by atoms with Crippen molar-refractivity contribution in [1.82, 2.24) is 9.47 Å². The van der Waals surface area contributed by atoms with Crippen molar-refractivity contribution in [3.8, 4) is 0 Å². The monoisotopic (exact) mass is 381 g/mol. The van der Waals surface area contributed by atoms with Gasteiger partial charge in [0, 0.05) is 38.8 Å². The van der Waals surface area contributed by atoms with Crippen LogP contribution < -0.4 is 10.3 Å². The summed E-state index contributed by atoms with van der Waals surface area (Å²) in [4.78, 5) is 27.4. The van der Waals surface area contributed by atoms with Gasteiger partial charge in [0.15, 0.2) is 5.82 Å². The highest BCUT2D eigenvalue weighted by Gasteiger charge is 2.41. The summed E-state index contributed by atoms with van der Waals surface area (Å²) < 4.78 is 44.9. The number of alkyl halides is 1. The second kappa shape index (κ2) is 6.26. The highest BCUT2D eigenvalue weighted by Crippen LogP contribution is 2.42. The summed E-state index contributed by atoms with van der Waals surface area (Å²) >= 11 is 0. The molecule has 0 amide bonds. The van der Waals surface area contributed by atoms with Crippen LogP contribution in [0, 0.1) is 11.6 Å². The van der Waals surface area contributed by atoms with E-state index in [1.54, 1.807) is 4.90 Å². The zero-order chi connectivity index (χ0) is 19.5. The standard InChI is InChI=1S/C18H18F3N3O3/c1-22-2-4-23(5-3-22)16-12(20)6-9-15(14(16)21)24(13-7-11(13)19)8-10(17(9)25)18(26)27/h6,8,11,13H,2-5,7H2,1H3,(H,26,27)/t11-,13+/m1/s1. The summed E-state index contributed by atoms with van der Waals surface area (Å²) in [5.41, 5.74) is -2.12. The molecule has 2 heterocycles. The predicted octanol–water partition coefficient (Wildman–Crippen LogP) is 2.01. The molecule has 9 heteroatoms. The van der Waals surface area contributed by atoms with Crippen LogP contribution in [0.5, 0.6) is 0 Å². The Kier molecular flexibility index (Phi) is 4.14. The van der Waals surface area contributed by atoms with Gasteiger partial charge in [0.05, 0.1) is 16.9 Å². The Morgan fingerprint density at radius 3 is 2.41 bits per heavy atom. The molecule has 2 aliphatic rings. The van der Waals surface area contributed by atoms with Crippen LogP contribution in [0.15, 0.2) is 17.1 Å². The summed E-state index contributed by atoms with van der Waals surface area (Å²) in [6.07, 6.45) is -0.196. The lowest BCUT2D eigenvalue weighted by molar-refractivity contribution is 0.0694. The summed E-state index contributed by atoms with van der Waals surface area (Å²) in [6, 6.07) is 0.110. The van der Waals surface area contributed by atoms with E-state index in [1.807, 2.05) is 11.9 Å². The fraction of sp³-hybridized carbons (Fsp3) is 0.444. The van der Waals surface area contributed by atoms with E-state index in [-0.39, 0.29) is 23.0 Å². The second-order valence-electron chi connectivity index (χ2n) is 7.11. The van der Waals surface area contributed by atoms with Gasteiger partial charge in [-0.15, -0.1) is 0 Å². The van der Waals surface area contributed by atoms with Crippen molar-refractivity contribution in [1.29, 1.82) is 0 Å². The number of piperazine rings is 1. The molecule has 1 aromatic heterocycles. The number of nitrogens with zero attached hydrogens (tertiary/aromatic N) is 3. The lowest BCUT2D eigenvalue weighted by Gasteiger charge is -2.34. The number of fused-ring (bicyclic) bond motifs is 1. The first-order valence-electron chi connectivity index (χ1n) is 8.67. The number of pyridine rings is 1. The van der Waals surface area contributed by atoms with E-state index in [9.17, 15) is 23.5 Å². The third-order valence-corrected chi connectivity index (χ3v) is 5.27. The molecular weight excluding hydrogens is 363 g/mol. The average molecular weight is 381 g/mol. The van der Waals surface area contributed by atoms with Gasteiger partial charge in [-0.25, -0.2) is 18.0 Å². The van der Waals surface area contributed by atoms with Gasteiger partial charge in [0.2, 0.25) is 5.43 Å². The van der Waals surface area contributed by atoms with E-state index < -0.39 is 40.8 Å². The van der Waals surface area contributed by atoms with Crippen molar-refractivity contribution in [2.45, 2.75) is 18.6 Å². The molecular formula is C18H18F3N3O3. The number of carbonyl (C=O) groups is 1. The van der Waals surface area contributed by atoms with Crippen LogP contribution in [0.4, 0.5) is 18.9 Å². The Balaban J connectivity index is 1.97. The van der Waals surface area contributed by atoms with Crippen molar-refractivity contribution < 1.29 is 23.1 Å². The molecule has 2 fully saturated rings. The van der Waals surface area contributed by atoms with E-state index in [4.69, 9.17) is 0 Å². The Morgan fingerprint density at radius 1 is 1.22 bits per heavy atom. The zero-order valence-corrected chi connectivity index (χ0v) is 14.6. The summed E-state index contributed by atoms with van der Waals surface area (Å²) in [6.45, 7) is 2.05. The molecule has 1 saturated carbocycles. The minimum Gasteiger partial charge on any atom is -0.477 e. The molecule has 1 N–H and O–H groups in total. The largest absolute Gasteiger partial charge is 0.477 e. The number of hydrogen-bond donors (Lipinski definition) is 1. The van der Waals surface area contributed by atoms with Crippen molar-refractivity contribution >= 4 is 22.6 Å². The molecule has 0 spiro atoms. The van der Waals surface area contributed by atoms with Gasteiger partial charge < -0.3 is 19.5 Å². The third kappa shape index (κ3) is 2.86. The normalized spacial score (nSPS) is 23.0. The van der Waals surface area contributed by atoms with Gasteiger partial charge in [-0.3, -0.25) is 4.79 Å². The molecule has 1 aliphatic heterocycles. The maximum atomic E-state index is 15.4. The number of aromatic nitrogens is 1. The Hall–Kier alpha value is -2.55. The van der Waals surface area contributed by atoms with Crippen LogP contribution in [0.25, 0.3) is 10.9 Å². The van der Waals surface area contributed by atoms with E-state index in [1.165, 1.54) is 0 Å². The van der Waals surface area contributed by atoms with Crippen molar-refractivity contribution in [2.24, 2.45) is 0 Å². The zero-order valence-electron chi connectivity index (χ0n) is 14.6. The van der Waals surface area contributed by atoms with Crippen molar-refractivity contribution in [3.05, 3.63) is 39.7 Å². The lowest BCUT2D eigenvalue weighted by Crippen LogP contribution is -2.45. The molecule has 27 heavy (non-hydrogen) atoms. The number of likely N-dealkylation sites (N-methyl/N-ethyl adjacent to an activating group) is 1. The molecule has 0 radical (unpaired) electrons. The molecule has 1 saturated heterocycles. The maximum Gasteiger partial charge on any atom is 0.341 e. The van der Waals surface area contributed by atoms with Gasteiger partial charge in [0.1, 0.15) is 23.2 Å². The van der Waals surface area contributed by atoms with Crippen LogP contribution >= 0.6 is 0 Å². The highest BCUT2D eigenvalue weighted by molar-refractivity contribution is 5.94. The van der Waals surface area contributed by atoms with Gasteiger partial charge in [-0.05, 0) is 13.1 Å². The van der Waals surface area contributed by atoms with E-state index in [2.05, 4.69) is 0 Å². The van der Waals surface area contributed by atoms with Gasteiger partial charge >= 0.3 is 5.97 Å². The summed E-state index contributed by atoms with van der Waals surface area (Å²) in [5, 5.41) is 8.84. The maximum absolute atomic E-state index is 15.4. The number of halogens is 3. The minimum atomic E-state index is -1.52. The SMILES string of the molecule is CN1CCN(c2c(F)cc3c(=O)c(C(=O)O)cn([C@H]4C[C@H]4F)c3c2F)CC1. The summed E-state index contributed by atoms with van der Waals surface area (Å²) in [5.74, 6) is -3.40. The van der Waals surface area contributed by atoms with E-state index in [0.29, 0.717) is 26.2 Å². The Morgan fingerprint density at radius 2 is 1.85 bits per heavy atom. The third-order valence-electron chi connectivity index (χ3n) is 5.27. The number of rotatable bonds is 3. The molecule has 144 valence electrons.